The number of aromatic nitrogens is 1. The number of fused-ring (bicyclic) bond motifs is 1. The second-order valence-electron chi connectivity index (χ2n) is 6.82. The minimum atomic E-state index is -0.477. The van der Waals surface area contributed by atoms with Gasteiger partial charge in [-0.1, -0.05) is 18.2 Å². The van der Waals surface area contributed by atoms with E-state index in [0.717, 1.165) is 20.8 Å². The average Bonchev–Trinajstić information content (AvgIpc) is 3.08. The summed E-state index contributed by atoms with van der Waals surface area (Å²) in [5, 5.41) is 15.0. The molecular weight excluding hydrogens is 376 g/mol. The summed E-state index contributed by atoms with van der Waals surface area (Å²) in [6.07, 6.45) is 0. The first-order valence-corrected chi connectivity index (χ1v) is 9.69. The normalized spacial score (nSPS) is 12.3. The van der Waals surface area contributed by atoms with Crippen LogP contribution in [0.5, 0.6) is 0 Å². The van der Waals surface area contributed by atoms with Gasteiger partial charge in [-0.2, -0.15) is 0 Å². The van der Waals surface area contributed by atoms with Crippen LogP contribution in [0.3, 0.4) is 0 Å². The molecule has 1 atom stereocenters. The fourth-order valence-electron chi connectivity index (χ4n) is 2.91. The molecule has 146 valence electrons. The predicted octanol–water partition coefficient (Wildman–Crippen LogP) is 4.45. The number of benzene rings is 2. The number of nitro benzene ring substituents is 1. The van der Waals surface area contributed by atoms with Crippen molar-refractivity contribution < 1.29 is 9.72 Å². The number of amides is 1. The number of aryl methyl sites for hydroxylation is 1. The molecule has 8 heteroatoms. The topological polar surface area (TPSA) is 88.4 Å². The molecule has 0 aliphatic rings. The van der Waals surface area contributed by atoms with Crippen molar-refractivity contribution in [3.63, 3.8) is 0 Å². The number of rotatable bonds is 6. The Hall–Kier alpha value is -2.84. The molecule has 3 aromatic rings. The summed E-state index contributed by atoms with van der Waals surface area (Å²) < 4.78 is 1.10. The average molecular weight is 398 g/mol. The number of carbonyl (C=O) groups excluding carboxylic acids is 1. The van der Waals surface area contributed by atoms with E-state index in [1.807, 2.05) is 50.1 Å². The summed E-state index contributed by atoms with van der Waals surface area (Å²) in [4.78, 5) is 29.9. The number of para-hydroxylation sites is 1. The standard InChI is InChI=1S/C20H22N4O3S/c1-12-9-10-16(24(26)27)19(13(12)2)22-18(25)11-23(4)14(3)20-21-15-7-5-6-8-17(15)28-20/h5-10,14H,11H2,1-4H3,(H,22,25)/t14-/m1/s1. The zero-order chi connectivity index (χ0) is 20.4. The first kappa shape index (κ1) is 19.9. The number of thiazole rings is 1. The van der Waals surface area contributed by atoms with E-state index in [1.54, 1.807) is 24.3 Å². The summed E-state index contributed by atoms with van der Waals surface area (Å²) >= 11 is 1.60. The van der Waals surface area contributed by atoms with Crippen LogP contribution >= 0.6 is 11.3 Å². The Bertz CT molecular complexity index is 1010. The smallest absolute Gasteiger partial charge is 0.293 e. The lowest BCUT2D eigenvalue weighted by Gasteiger charge is -2.22. The molecule has 0 aliphatic carbocycles. The van der Waals surface area contributed by atoms with Gasteiger partial charge in [0.25, 0.3) is 5.69 Å². The van der Waals surface area contributed by atoms with Crippen LogP contribution in [0.4, 0.5) is 11.4 Å². The SMILES string of the molecule is Cc1ccc([N+](=O)[O-])c(NC(=O)CN(C)[C@H](C)c2nc3ccccc3s2)c1C. The fraction of sp³-hybridized carbons (Fsp3) is 0.300. The molecule has 1 aromatic heterocycles. The molecule has 1 heterocycles. The van der Waals surface area contributed by atoms with Gasteiger partial charge >= 0.3 is 0 Å². The third-order valence-corrected chi connectivity index (χ3v) is 6.10. The maximum Gasteiger partial charge on any atom is 0.293 e. The summed E-state index contributed by atoms with van der Waals surface area (Å²) in [5.74, 6) is -0.299. The molecule has 2 aromatic carbocycles. The number of nitro groups is 1. The van der Waals surface area contributed by atoms with Gasteiger partial charge in [0.2, 0.25) is 5.91 Å². The van der Waals surface area contributed by atoms with Gasteiger partial charge in [-0.05, 0) is 51.1 Å². The van der Waals surface area contributed by atoms with Gasteiger partial charge in [0.15, 0.2) is 0 Å². The van der Waals surface area contributed by atoms with Crippen LogP contribution in [0.2, 0.25) is 0 Å². The highest BCUT2D eigenvalue weighted by molar-refractivity contribution is 7.18. The number of hydrogen-bond donors (Lipinski definition) is 1. The molecule has 3 rings (SSSR count). The molecule has 0 saturated carbocycles. The van der Waals surface area contributed by atoms with Gasteiger partial charge in [-0.15, -0.1) is 11.3 Å². The van der Waals surface area contributed by atoms with Crippen LogP contribution in [0.25, 0.3) is 10.2 Å². The lowest BCUT2D eigenvalue weighted by molar-refractivity contribution is -0.384. The second kappa shape index (κ2) is 8.04. The minimum absolute atomic E-state index is 0.0586. The van der Waals surface area contributed by atoms with Crippen LogP contribution in [0.15, 0.2) is 36.4 Å². The Labute approximate surface area is 167 Å². The number of nitrogens with zero attached hydrogens (tertiary/aromatic N) is 3. The van der Waals surface area contributed by atoms with Gasteiger partial charge in [-0.3, -0.25) is 19.8 Å². The maximum atomic E-state index is 12.6. The lowest BCUT2D eigenvalue weighted by Crippen LogP contribution is -2.32. The molecule has 0 spiro atoms. The predicted molar refractivity (Wildman–Crippen MR) is 112 cm³/mol. The number of likely N-dealkylation sites (N-methyl/N-ethyl adjacent to an activating group) is 1. The van der Waals surface area contributed by atoms with Crippen LogP contribution in [0.1, 0.15) is 29.1 Å². The van der Waals surface area contributed by atoms with E-state index >= 15 is 0 Å². The zero-order valence-corrected chi connectivity index (χ0v) is 17.0. The summed E-state index contributed by atoms with van der Waals surface area (Å²) in [6.45, 7) is 5.72. The Kier molecular flexibility index (Phi) is 5.71. The molecule has 28 heavy (non-hydrogen) atoms. The van der Waals surface area contributed by atoms with E-state index in [1.165, 1.54) is 6.07 Å². The van der Waals surface area contributed by atoms with E-state index in [0.29, 0.717) is 5.56 Å². The van der Waals surface area contributed by atoms with E-state index in [-0.39, 0.29) is 29.9 Å². The summed E-state index contributed by atoms with van der Waals surface area (Å²) in [7, 11) is 1.84. The van der Waals surface area contributed by atoms with Crippen LogP contribution in [0, 0.1) is 24.0 Å². The molecule has 1 N–H and O–H groups in total. The first-order chi connectivity index (χ1) is 13.3. The van der Waals surface area contributed by atoms with Crippen molar-refractivity contribution in [2.75, 3.05) is 18.9 Å². The largest absolute Gasteiger partial charge is 0.319 e. The monoisotopic (exact) mass is 398 g/mol. The highest BCUT2D eigenvalue weighted by Crippen LogP contribution is 2.31. The quantitative estimate of drug-likeness (QED) is 0.489. The van der Waals surface area contributed by atoms with Crippen molar-refractivity contribution >= 4 is 38.8 Å². The van der Waals surface area contributed by atoms with E-state index in [2.05, 4.69) is 10.3 Å². The Morgan fingerprint density at radius 3 is 2.68 bits per heavy atom. The van der Waals surface area contributed by atoms with Crippen molar-refractivity contribution in [3.05, 3.63) is 62.6 Å². The van der Waals surface area contributed by atoms with Gasteiger partial charge in [0, 0.05) is 6.07 Å². The molecule has 1 amide bonds. The van der Waals surface area contributed by atoms with Crippen LogP contribution in [-0.4, -0.2) is 34.3 Å². The molecule has 0 unspecified atom stereocenters. The van der Waals surface area contributed by atoms with Gasteiger partial charge in [0.1, 0.15) is 10.7 Å². The van der Waals surface area contributed by atoms with E-state index in [4.69, 9.17) is 0 Å². The summed E-state index contributed by atoms with van der Waals surface area (Å²) in [6, 6.07) is 11.0. The van der Waals surface area contributed by atoms with Crippen molar-refractivity contribution in [2.45, 2.75) is 26.8 Å². The number of hydrogen-bond acceptors (Lipinski definition) is 6. The molecule has 0 aliphatic heterocycles. The third-order valence-electron chi connectivity index (χ3n) is 4.90. The van der Waals surface area contributed by atoms with Crippen LogP contribution < -0.4 is 5.32 Å². The van der Waals surface area contributed by atoms with E-state index < -0.39 is 4.92 Å². The Balaban J connectivity index is 1.74. The molecule has 0 fully saturated rings. The molecule has 0 radical (unpaired) electrons. The minimum Gasteiger partial charge on any atom is -0.319 e. The van der Waals surface area contributed by atoms with Gasteiger partial charge in [-0.25, -0.2) is 4.98 Å². The molecular formula is C20H22N4O3S. The molecule has 0 saturated heterocycles. The highest BCUT2D eigenvalue weighted by Gasteiger charge is 2.22. The Morgan fingerprint density at radius 1 is 1.29 bits per heavy atom. The first-order valence-electron chi connectivity index (χ1n) is 8.88. The van der Waals surface area contributed by atoms with Crippen molar-refractivity contribution in [2.24, 2.45) is 0 Å². The lowest BCUT2D eigenvalue weighted by atomic mass is 10.1. The zero-order valence-electron chi connectivity index (χ0n) is 16.2. The van der Waals surface area contributed by atoms with Gasteiger partial charge < -0.3 is 5.32 Å². The summed E-state index contributed by atoms with van der Waals surface area (Å²) in [5.41, 5.74) is 2.69. The van der Waals surface area contributed by atoms with Crippen LogP contribution in [-0.2, 0) is 4.79 Å². The number of nitrogens with one attached hydrogen (secondary N) is 1. The van der Waals surface area contributed by atoms with E-state index in [9.17, 15) is 14.9 Å². The third kappa shape index (κ3) is 4.02. The van der Waals surface area contributed by atoms with Crippen molar-refractivity contribution in [1.82, 2.24) is 9.88 Å². The second-order valence-corrected chi connectivity index (χ2v) is 7.88. The van der Waals surface area contributed by atoms with Crippen molar-refractivity contribution in [3.8, 4) is 0 Å². The maximum absolute atomic E-state index is 12.6. The molecule has 7 nitrogen and oxygen atoms in total. The number of carbonyl (C=O) groups is 1. The Morgan fingerprint density at radius 2 is 2.00 bits per heavy atom. The van der Waals surface area contributed by atoms with Crippen molar-refractivity contribution in [1.29, 1.82) is 0 Å². The molecule has 0 bridgehead atoms. The number of anilines is 1. The fourth-order valence-corrected chi connectivity index (χ4v) is 4.00. The van der Waals surface area contributed by atoms with Gasteiger partial charge in [0.05, 0.1) is 27.7 Å². The highest BCUT2D eigenvalue weighted by atomic mass is 32.1.